The Balaban J connectivity index is 1.00. The standard InChI is InChI=1S/C42H44N8O9/c1-2-42(57)29-17-33-38-27(21-50(33)40(55)28(29)22-59-41(42)56)25(37-26-10-6-14-44-30(26)12-13-31(37)49-38)11-7-15-58-23-47-35(52)19-46-39(54)32(16-24-8-4-3-5-9-24)48-36(53)20-45-34(51)18-43/h3-6,8-10,12-14,17,32,57H,2,7,11,15-16,18-23,43H2,1H3,(H,45,51)(H,46,54)(H,47,52)(H,48,53)/t32-,42-/m0/s1. The Morgan fingerprint density at radius 2 is 1.75 bits per heavy atom. The van der Waals surface area contributed by atoms with Crippen molar-refractivity contribution in [3.63, 3.8) is 0 Å². The number of rotatable bonds is 16. The third kappa shape index (κ3) is 8.39. The Morgan fingerprint density at radius 1 is 0.966 bits per heavy atom. The molecular weight excluding hydrogens is 761 g/mol. The number of aryl methyl sites for hydroxylation is 1. The van der Waals surface area contributed by atoms with Crippen molar-refractivity contribution in [2.75, 3.05) is 33.0 Å². The summed E-state index contributed by atoms with van der Waals surface area (Å²) in [4.78, 5) is 85.9. The number of amides is 4. The van der Waals surface area contributed by atoms with Gasteiger partial charge in [-0.05, 0) is 54.7 Å². The van der Waals surface area contributed by atoms with Gasteiger partial charge in [0.15, 0.2) is 5.60 Å². The van der Waals surface area contributed by atoms with Crippen molar-refractivity contribution < 1.29 is 38.6 Å². The molecule has 17 heteroatoms. The maximum Gasteiger partial charge on any atom is 0.343 e. The Kier molecular flexibility index (Phi) is 12.1. The molecule has 59 heavy (non-hydrogen) atoms. The van der Waals surface area contributed by atoms with E-state index in [1.807, 2.05) is 30.3 Å². The zero-order valence-electron chi connectivity index (χ0n) is 32.3. The molecule has 0 bridgehead atoms. The number of ether oxygens (including phenoxy) is 2. The van der Waals surface area contributed by atoms with Crippen LogP contribution in [0.2, 0.25) is 0 Å². The lowest BCUT2D eigenvalue weighted by Crippen LogP contribution is -2.52. The zero-order valence-corrected chi connectivity index (χ0v) is 32.3. The first-order chi connectivity index (χ1) is 28.5. The van der Waals surface area contributed by atoms with Crippen LogP contribution in [-0.4, -0.2) is 88.3 Å². The van der Waals surface area contributed by atoms with Crippen LogP contribution >= 0.6 is 0 Å². The molecule has 0 saturated carbocycles. The average Bonchev–Trinajstić information content (AvgIpc) is 3.62. The fraction of sp³-hybridized carbons (Fsp3) is 0.333. The predicted octanol–water partition coefficient (Wildman–Crippen LogP) is 0.569. The molecule has 0 radical (unpaired) electrons. The number of benzene rings is 2. The van der Waals surface area contributed by atoms with Crippen LogP contribution in [0, 0.1) is 0 Å². The van der Waals surface area contributed by atoms with Crippen molar-refractivity contribution in [1.82, 2.24) is 35.8 Å². The van der Waals surface area contributed by atoms with Gasteiger partial charge in [-0.2, -0.15) is 0 Å². The van der Waals surface area contributed by atoms with Gasteiger partial charge in [0.05, 0.1) is 54.2 Å². The Labute approximate surface area is 337 Å². The van der Waals surface area contributed by atoms with Gasteiger partial charge in [-0.1, -0.05) is 43.3 Å². The summed E-state index contributed by atoms with van der Waals surface area (Å²) >= 11 is 0. The maximum atomic E-state index is 13.9. The first kappa shape index (κ1) is 40.6. The summed E-state index contributed by atoms with van der Waals surface area (Å²) in [5, 5.41) is 23.3. The average molecular weight is 805 g/mol. The van der Waals surface area contributed by atoms with E-state index in [9.17, 15) is 33.9 Å². The lowest BCUT2D eigenvalue weighted by molar-refractivity contribution is -0.172. The Bertz CT molecular complexity index is 2530. The fourth-order valence-corrected chi connectivity index (χ4v) is 7.57. The summed E-state index contributed by atoms with van der Waals surface area (Å²) in [5.74, 6) is -3.00. The molecule has 17 nitrogen and oxygen atoms in total. The van der Waals surface area contributed by atoms with E-state index in [-0.39, 0.29) is 75.7 Å². The summed E-state index contributed by atoms with van der Waals surface area (Å²) in [6.07, 6.45) is 2.95. The van der Waals surface area contributed by atoms with E-state index in [0.717, 1.165) is 33.0 Å². The monoisotopic (exact) mass is 804 g/mol. The largest absolute Gasteiger partial charge is 0.458 e. The van der Waals surface area contributed by atoms with E-state index in [0.29, 0.717) is 29.7 Å². The van der Waals surface area contributed by atoms with Crippen LogP contribution in [0.25, 0.3) is 33.2 Å². The lowest BCUT2D eigenvalue weighted by Gasteiger charge is -2.31. The van der Waals surface area contributed by atoms with Gasteiger partial charge in [-0.25, -0.2) is 9.78 Å². The topological polar surface area (TPSA) is 246 Å². The SMILES string of the molecule is CC[C@@]1(O)C(=O)OCc2c1cc1n(c2=O)Cc2c-1nc1ccc3ncccc3c1c2CCCOCNC(=O)CNC(=O)[C@H](Cc1ccccc1)NC(=O)CNC(=O)CN. The van der Waals surface area contributed by atoms with Crippen molar-refractivity contribution in [2.24, 2.45) is 5.73 Å². The molecule has 5 heterocycles. The van der Waals surface area contributed by atoms with Crippen LogP contribution in [0.1, 0.15) is 47.6 Å². The number of nitrogens with two attached hydrogens (primary N) is 1. The highest BCUT2D eigenvalue weighted by Crippen LogP contribution is 2.41. The molecule has 0 aliphatic carbocycles. The van der Waals surface area contributed by atoms with Gasteiger partial charge in [0.2, 0.25) is 23.6 Å². The summed E-state index contributed by atoms with van der Waals surface area (Å²) in [6.45, 7) is 0.769. The molecule has 0 spiro atoms. The molecule has 2 aliphatic heterocycles. The first-order valence-corrected chi connectivity index (χ1v) is 19.3. The summed E-state index contributed by atoms with van der Waals surface area (Å²) < 4.78 is 12.6. The summed E-state index contributed by atoms with van der Waals surface area (Å²) in [6, 6.07) is 17.3. The fourth-order valence-electron chi connectivity index (χ4n) is 7.57. The van der Waals surface area contributed by atoms with Crippen LogP contribution in [0.15, 0.2) is 71.7 Å². The van der Waals surface area contributed by atoms with E-state index in [2.05, 4.69) is 26.3 Å². The van der Waals surface area contributed by atoms with Crippen molar-refractivity contribution in [3.8, 4) is 11.4 Å². The molecule has 2 aromatic carbocycles. The van der Waals surface area contributed by atoms with E-state index >= 15 is 0 Å². The molecule has 306 valence electrons. The number of fused-ring (bicyclic) bond motifs is 7. The number of esters is 1. The van der Waals surface area contributed by atoms with Gasteiger partial charge < -0.3 is 46.1 Å². The molecule has 7 rings (SSSR count). The van der Waals surface area contributed by atoms with Crippen LogP contribution < -0.4 is 32.6 Å². The van der Waals surface area contributed by atoms with Gasteiger partial charge in [-0.15, -0.1) is 0 Å². The van der Waals surface area contributed by atoms with Gasteiger partial charge in [0.25, 0.3) is 5.56 Å². The number of aliphatic hydroxyl groups is 1. The third-order valence-corrected chi connectivity index (χ3v) is 10.6. The van der Waals surface area contributed by atoms with E-state index in [1.54, 1.807) is 48.0 Å². The number of aromatic nitrogens is 3. The molecule has 2 aliphatic rings. The second-order valence-corrected chi connectivity index (χ2v) is 14.3. The second-order valence-electron chi connectivity index (χ2n) is 14.3. The number of carbonyl (C=O) groups excluding carboxylic acids is 5. The number of nitrogens with zero attached hydrogens (tertiary/aromatic N) is 3. The molecule has 2 atom stereocenters. The molecule has 3 aromatic heterocycles. The van der Waals surface area contributed by atoms with Crippen LogP contribution in [0.3, 0.4) is 0 Å². The number of pyridine rings is 3. The van der Waals surface area contributed by atoms with Crippen molar-refractivity contribution >= 4 is 51.4 Å². The highest BCUT2D eigenvalue weighted by Gasteiger charge is 2.45. The maximum absolute atomic E-state index is 13.9. The minimum absolute atomic E-state index is 0.0349. The van der Waals surface area contributed by atoms with Gasteiger partial charge in [-0.3, -0.25) is 29.0 Å². The highest BCUT2D eigenvalue weighted by atomic mass is 16.6. The smallest absolute Gasteiger partial charge is 0.343 e. The molecule has 0 saturated heterocycles. The van der Waals surface area contributed by atoms with Crippen molar-refractivity contribution in [2.45, 2.75) is 57.4 Å². The number of carbonyl (C=O) groups is 5. The van der Waals surface area contributed by atoms with Crippen molar-refractivity contribution in [3.05, 3.63) is 105 Å². The Morgan fingerprint density at radius 3 is 2.53 bits per heavy atom. The van der Waals surface area contributed by atoms with E-state index in [1.165, 1.54) is 0 Å². The number of cyclic esters (lactones) is 1. The summed E-state index contributed by atoms with van der Waals surface area (Å²) in [7, 11) is 0. The van der Waals surface area contributed by atoms with Crippen LogP contribution in [0.5, 0.6) is 0 Å². The van der Waals surface area contributed by atoms with Crippen LogP contribution in [-0.2, 0) is 65.0 Å². The van der Waals surface area contributed by atoms with E-state index < -0.39 is 41.2 Å². The lowest BCUT2D eigenvalue weighted by atomic mass is 9.86. The molecule has 4 amide bonds. The zero-order chi connectivity index (χ0) is 41.7. The second kappa shape index (κ2) is 17.5. The summed E-state index contributed by atoms with van der Waals surface area (Å²) in [5.41, 5.74) is 8.62. The minimum atomic E-state index is -1.95. The third-order valence-electron chi connectivity index (χ3n) is 10.6. The first-order valence-electron chi connectivity index (χ1n) is 19.3. The van der Waals surface area contributed by atoms with Crippen LogP contribution in [0.4, 0.5) is 0 Å². The molecule has 0 unspecified atom stereocenters. The molecular formula is C42H44N8O9. The van der Waals surface area contributed by atoms with E-state index in [4.69, 9.17) is 20.2 Å². The normalized spacial score (nSPS) is 15.7. The molecule has 5 aromatic rings. The Hall–Kier alpha value is -6.56. The number of hydrogen-bond acceptors (Lipinski definition) is 12. The van der Waals surface area contributed by atoms with Crippen molar-refractivity contribution in [1.29, 1.82) is 0 Å². The van der Waals surface area contributed by atoms with Gasteiger partial charge in [0.1, 0.15) is 19.4 Å². The predicted molar refractivity (Wildman–Crippen MR) is 214 cm³/mol. The highest BCUT2D eigenvalue weighted by molar-refractivity contribution is 6.08. The van der Waals surface area contributed by atoms with Gasteiger partial charge >= 0.3 is 5.97 Å². The van der Waals surface area contributed by atoms with Gasteiger partial charge in [0, 0.05) is 41.1 Å². The molecule has 0 fully saturated rings. The number of nitrogens with one attached hydrogen (secondary N) is 4. The molecule has 7 N–H and O–H groups in total. The number of hydrogen-bond donors (Lipinski definition) is 6. The minimum Gasteiger partial charge on any atom is -0.458 e. The quantitative estimate of drug-likeness (QED) is 0.0341.